The zero-order valence-electron chi connectivity index (χ0n) is 15.8. The smallest absolute Gasteiger partial charge is 0.308 e. The lowest BCUT2D eigenvalue weighted by atomic mass is 10.1. The number of carbonyl (C=O) groups is 4. The molecule has 7 nitrogen and oxygen atoms in total. The summed E-state index contributed by atoms with van der Waals surface area (Å²) in [6, 6.07) is 13.9. The normalized spacial score (nSPS) is 12.9. The predicted octanol–water partition coefficient (Wildman–Crippen LogP) is 2.90. The van der Waals surface area contributed by atoms with Crippen molar-refractivity contribution in [3.05, 3.63) is 54.1 Å². The molecule has 1 heterocycles. The van der Waals surface area contributed by atoms with Gasteiger partial charge in [0.1, 0.15) is 0 Å². The van der Waals surface area contributed by atoms with Gasteiger partial charge in [0, 0.05) is 29.6 Å². The molecule has 0 aliphatic carbocycles. The summed E-state index contributed by atoms with van der Waals surface area (Å²) in [7, 11) is 0. The summed E-state index contributed by atoms with van der Waals surface area (Å²) in [5, 5.41) is 2.61. The van der Waals surface area contributed by atoms with Crippen LogP contribution < -0.4 is 10.2 Å². The first-order valence-corrected chi connectivity index (χ1v) is 10.0. The summed E-state index contributed by atoms with van der Waals surface area (Å²) in [5.74, 6) is -0.817. The number of hydrogen-bond acceptors (Lipinski definition) is 6. The van der Waals surface area contributed by atoms with Gasteiger partial charge in [-0.05, 0) is 36.4 Å². The van der Waals surface area contributed by atoms with E-state index in [2.05, 4.69) is 5.32 Å². The number of carbonyl (C=O) groups excluding carboxylic acids is 4. The molecule has 1 N–H and O–H groups in total. The zero-order valence-corrected chi connectivity index (χ0v) is 16.7. The first kappa shape index (κ1) is 20.6. The van der Waals surface area contributed by atoms with E-state index in [-0.39, 0.29) is 37.2 Å². The summed E-state index contributed by atoms with van der Waals surface area (Å²) in [6.07, 6.45) is -0.000506. The molecule has 0 fully saturated rings. The molecule has 2 amide bonds. The number of nitrogens with zero attached hydrogens (tertiary/aromatic N) is 1. The van der Waals surface area contributed by atoms with Crippen LogP contribution in [0.4, 0.5) is 11.4 Å². The molecule has 0 unspecified atom stereocenters. The summed E-state index contributed by atoms with van der Waals surface area (Å²) in [4.78, 5) is 50.0. The van der Waals surface area contributed by atoms with E-state index >= 15 is 0 Å². The largest absolute Gasteiger partial charge is 0.457 e. The minimum absolute atomic E-state index is 0.000506. The number of fused-ring (bicyclic) bond motifs is 1. The average Bonchev–Trinajstić information content (AvgIpc) is 2.71. The molecule has 29 heavy (non-hydrogen) atoms. The van der Waals surface area contributed by atoms with E-state index in [1.165, 1.54) is 18.7 Å². The van der Waals surface area contributed by atoms with Crippen molar-refractivity contribution < 1.29 is 23.9 Å². The van der Waals surface area contributed by atoms with Crippen LogP contribution in [0.15, 0.2) is 53.4 Å². The number of amides is 2. The van der Waals surface area contributed by atoms with Crippen LogP contribution >= 0.6 is 11.8 Å². The Hall–Kier alpha value is -3.13. The van der Waals surface area contributed by atoms with E-state index in [0.717, 1.165) is 10.6 Å². The van der Waals surface area contributed by atoms with Crippen molar-refractivity contribution in [3.8, 4) is 0 Å². The number of rotatable bonds is 7. The molecule has 0 saturated heterocycles. The van der Waals surface area contributed by atoms with Crippen molar-refractivity contribution in [1.29, 1.82) is 0 Å². The standard InChI is InChI=1S/C21H20N2O5S/c1-14(24)22-16-8-6-15(7-9-16)18(25)12-28-21(27)10-11-23-17-4-2-3-5-19(17)29-13-20(23)26/h2-9H,10-13H2,1H3,(H,22,24). The Morgan fingerprint density at radius 1 is 1.10 bits per heavy atom. The monoisotopic (exact) mass is 412 g/mol. The molecule has 0 aromatic heterocycles. The second-order valence-corrected chi connectivity index (χ2v) is 7.41. The van der Waals surface area contributed by atoms with Crippen LogP contribution in [0.1, 0.15) is 23.7 Å². The number of anilines is 2. The topological polar surface area (TPSA) is 92.8 Å². The SMILES string of the molecule is CC(=O)Nc1ccc(C(=O)COC(=O)CCN2C(=O)CSc3ccccc32)cc1. The summed E-state index contributed by atoms with van der Waals surface area (Å²) in [6.45, 7) is 1.22. The third kappa shape index (κ3) is 5.45. The molecule has 3 rings (SSSR count). The Balaban J connectivity index is 1.49. The highest BCUT2D eigenvalue weighted by atomic mass is 32.2. The van der Waals surface area contributed by atoms with Gasteiger partial charge in [0.25, 0.3) is 0 Å². The predicted molar refractivity (Wildman–Crippen MR) is 110 cm³/mol. The minimum Gasteiger partial charge on any atom is -0.457 e. The molecule has 1 aliphatic rings. The Morgan fingerprint density at radius 2 is 1.83 bits per heavy atom. The number of benzene rings is 2. The molecule has 2 aromatic carbocycles. The van der Waals surface area contributed by atoms with E-state index in [0.29, 0.717) is 17.0 Å². The van der Waals surface area contributed by atoms with E-state index in [1.54, 1.807) is 29.2 Å². The maximum Gasteiger partial charge on any atom is 0.308 e. The van der Waals surface area contributed by atoms with Crippen LogP contribution in [0.5, 0.6) is 0 Å². The molecular formula is C21H20N2O5S. The molecule has 150 valence electrons. The highest BCUT2D eigenvalue weighted by molar-refractivity contribution is 8.00. The maximum atomic E-state index is 12.2. The Kier molecular flexibility index (Phi) is 6.66. The van der Waals surface area contributed by atoms with Crippen LogP contribution in [0.25, 0.3) is 0 Å². The summed E-state index contributed by atoms with van der Waals surface area (Å²) in [5.41, 5.74) is 1.75. The third-order valence-electron chi connectivity index (χ3n) is 4.24. The van der Waals surface area contributed by atoms with Gasteiger partial charge in [-0.15, -0.1) is 11.8 Å². The first-order valence-electron chi connectivity index (χ1n) is 9.02. The van der Waals surface area contributed by atoms with Crippen LogP contribution in [-0.2, 0) is 19.1 Å². The Bertz CT molecular complexity index is 942. The van der Waals surface area contributed by atoms with Gasteiger partial charge in [0.15, 0.2) is 12.4 Å². The molecule has 1 aliphatic heterocycles. The Labute approximate surface area is 172 Å². The fourth-order valence-corrected chi connectivity index (χ4v) is 3.78. The first-order chi connectivity index (χ1) is 13.9. The van der Waals surface area contributed by atoms with Gasteiger partial charge in [0.05, 0.1) is 17.9 Å². The summed E-state index contributed by atoms with van der Waals surface area (Å²) < 4.78 is 5.07. The van der Waals surface area contributed by atoms with E-state index in [4.69, 9.17) is 4.74 Å². The second kappa shape index (κ2) is 9.38. The number of nitrogens with one attached hydrogen (secondary N) is 1. The van der Waals surface area contributed by atoms with E-state index in [9.17, 15) is 19.2 Å². The van der Waals surface area contributed by atoms with Crippen molar-refractivity contribution in [1.82, 2.24) is 0 Å². The zero-order chi connectivity index (χ0) is 20.8. The highest BCUT2D eigenvalue weighted by Gasteiger charge is 2.25. The summed E-state index contributed by atoms with van der Waals surface area (Å²) >= 11 is 1.48. The quantitative estimate of drug-likeness (QED) is 0.555. The van der Waals surface area contributed by atoms with Crippen LogP contribution in [0.2, 0.25) is 0 Å². The van der Waals surface area contributed by atoms with E-state index in [1.807, 2.05) is 24.3 Å². The number of esters is 1. The lowest BCUT2D eigenvalue weighted by molar-refractivity contribution is -0.142. The number of thioether (sulfide) groups is 1. The number of Topliss-reactive ketones (excluding diaryl/α,β-unsaturated/α-hetero) is 1. The van der Waals surface area contributed by atoms with Crippen molar-refractivity contribution in [2.24, 2.45) is 0 Å². The number of ether oxygens (including phenoxy) is 1. The van der Waals surface area contributed by atoms with Gasteiger partial charge >= 0.3 is 5.97 Å². The molecule has 8 heteroatoms. The maximum absolute atomic E-state index is 12.2. The fourth-order valence-electron chi connectivity index (χ4n) is 2.85. The van der Waals surface area contributed by atoms with Gasteiger partial charge in [-0.3, -0.25) is 19.2 Å². The second-order valence-electron chi connectivity index (χ2n) is 6.39. The third-order valence-corrected chi connectivity index (χ3v) is 5.29. The van der Waals surface area contributed by atoms with E-state index < -0.39 is 5.97 Å². The van der Waals surface area contributed by atoms with Crippen LogP contribution in [-0.4, -0.2) is 42.5 Å². The van der Waals surface area contributed by atoms with Gasteiger partial charge < -0.3 is 15.0 Å². The molecule has 2 aromatic rings. The lowest BCUT2D eigenvalue weighted by Crippen LogP contribution is -2.37. The van der Waals surface area contributed by atoms with Gasteiger partial charge in [-0.1, -0.05) is 12.1 Å². The van der Waals surface area contributed by atoms with Crippen molar-refractivity contribution in [3.63, 3.8) is 0 Å². The van der Waals surface area contributed by atoms with Crippen LogP contribution in [0, 0.1) is 0 Å². The number of hydrogen-bond donors (Lipinski definition) is 1. The van der Waals surface area contributed by atoms with Crippen LogP contribution in [0.3, 0.4) is 0 Å². The molecule has 0 bridgehead atoms. The van der Waals surface area contributed by atoms with Crippen molar-refractivity contribution in [2.45, 2.75) is 18.2 Å². The van der Waals surface area contributed by atoms with Crippen molar-refractivity contribution >= 4 is 46.7 Å². The van der Waals surface area contributed by atoms with Gasteiger partial charge in [-0.2, -0.15) is 0 Å². The lowest BCUT2D eigenvalue weighted by Gasteiger charge is -2.28. The number of ketones is 1. The molecule has 0 saturated carbocycles. The molecular weight excluding hydrogens is 392 g/mol. The Morgan fingerprint density at radius 3 is 2.55 bits per heavy atom. The van der Waals surface area contributed by atoms with Gasteiger partial charge in [0.2, 0.25) is 11.8 Å². The molecule has 0 spiro atoms. The molecule has 0 atom stereocenters. The average molecular weight is 412 g/mol. The van der Waals surface area contributed by atoms with Gasteiger partial charge in [-0.25, -0.2) is 0 Å². The number of para-hydroxylation sites is 1. The minimum atomic E-state index is -0.545. The molecule has 0 radical (unpaired) electrons. The van der Waals surface area contributed by atoms with Crippen molar-refractivity contribution in [2.75, 3.05) is 29.1 Å². The fraction of sp³-hybridized carbons (Fsp3) is 0.238. The highest BCUT2D eigenvalue weighted by Crippen LogP contribution is 2.34.